The van der Waals surface area contributed by atoms with Gasteiger partial charge in [0.15, 0.2) is 5.03 Å². The summed E-state index contributed by atoms with van der Waals surface area (Å²) in [6.07, 6.45) is 0. The first kappa shape index (κ1) is 13.7. The summed E-state index contributed by atoms with van der Waals surface area (Å²) in [4.78, 5) is 10.8. The molecule has 17 heavy (non-hydrogen) atoms. The van der Waals surface area contributed by atoms with Crippen molar-refractivity contribution in [2.75, 3.05) is 0 Å². The highest BCUT2D eigenvalue weighted by Gasteiger charge is 2.26. The number of aromatic carboxylic acids is 1. The van der Waals surface area contributed by atoms with Crippen molar-refractivity contribution in [3.05, 3.63) is 11.8 Å². The summed E-state index contributed by atoms with van der Waals surface area (Å²) in [6.45, 7) is 5.06. The summed E-state index contributed by atoms with van der Waals surface area (Å²) in [5, 5.41) is 12.2. The zero-order valence-electron chi connectivity index (χ0n) is 10.1. The van der Waals surface area contributed by atoms with Gasteiger partial charge in [-0.2, -0.15) is 5.10 Å². The van der Waals surface area contributed by atoms with E-state index in [9.17, 15) is 13.2 Å². The van der Waals surface area contributed by atoms with Crippen LogP contribution in [0.25, 0.3) is 0 Å². The van der Waals surface area contributed by atoms with Crippen LogP contribution in [-0.2, 0) is 17.1 Å². The Kier molecular flexibility index (Phi) is 3.30. The van der Waals surface area contributed by atoms with Crippen molar-refractivity contribution in [2.24, 2.45) is 7.05 Å². The molecule has 1 aromatic heterocycles. The number of aryl methyl sites for hydroxylation is 1. The predicted octanol–water partition coefficient (Wildman–Crippen LogP) is 0.195. The number of hydrogen-bond donors (Lipinski definition) is 2. The lowest BCUT2D eigenvalue weighted by molar-refractivity contribution is 0.0685. The maximum absolute atomic E-state index is 11.9. The van der Waals surface area contributed by atoms with Crippen LogP contribution in [0, 0.1) is 0 Å². The molecule has 0 aromatic carbocycles. The summed E-state index contributed by atoms with van der Waals surface area (Å²) in [7, 11) is -2.42. The van der Waals surface area contributed by atoms with Crippen molar-refractivity contribution < 1.29 is 18.3 Å². The molecule has 0 atom stereocenters. The molecular weight excluding hydrogens is 246 g/mol. The van der Waals surface area contributed by atoms with Crippen LogP contribution in [0.1, 0.15) is 31.3 Å². The zero-order valence-corrected chi connectivity index (χ0v) is 10.9. The molecular formula is C9H15N3O4S. The van der Waals surface area contributed by atoms with Crippen LogP contribution >= 0.6 is 0 Å². The zero-order chi connectivity index (χ0) is 13.4. The Balaban J connectivity index is 3.18. The van der Waals surface area contributed by atoms with E-state index in [0.29, 0.717) is 0 Å². The van der Waals surface area contributed by atoms with Gasteiger partial charge in [-0.3, -0.25) is 4.68 Å². The Morgan fingerprint density at radius 2 is 2.00 bits per heavy atom. The van der Waals surface area contributed by atoms with Crippen molar-refractivity contribution in [3.8, 4) is 0 Å². The molecule has 0 aliphatic carbocycles. The Bertz CT molecular complexity index is 539. The number of hydrogen-bond acceptors (Lipinski definition) is 4. The summed E-state index contributed by atoms with van der Waals surface area (Å²) in [5.41, 5.74) is -0.834. The van der Waals surface area contributed by atoms with Crippen LogP contribution < -0.4 is 4.72 Å². The second kappa shape index (κ2) is 4.11. The van der Waals surface area contributed by atoms with E-state index >= 15 is 0 Å². The van der Waals surface area contributed by atoms with E-state index in [1.54, 1.807) is 20.8 Å². The minimum atomic E-state index is -3.80. The van der Waals surface area contributed by atoms with Gasteiger partial charge in [0.05, 0.1) is 0 Å². The minimum Gasteiger partial charge on any atom is -0.477 e. The largest absolute Gasteiger partial charge is 0.477 e. The molecule has 0 saturated carbocycles. The third-order valence-corrected chi connectivity index (χ3v) is 3.42. The molecule has 0 spiro atoms. The van der Waals surface area contributed by atoms with E-state index in [-0.39, 0.29) is 10.7 Å². The molecule has 7 nitrogen and oxygen atoms in total. The molecule has 8 heteroatoms. The summed E-state index contributed by atoms with van der Waals surface area (Å²) < 4.78 is 27.1. The lowest BCUT2D eigenvalue weighted by atomic mass is 10.1. The van der Waals surface area contributed by atoms with Gasteiger partial charge in [0.25, 0.3) is 10.0 Å². The van der Waals surface area contributed by atoms with Crippen LogP contribution in [0.2, 0.25) is 0 Å². The van der Waals surface area contributed by atoms with Crippen molar-refractivity contribution in [3.63, 3.8) is 0 Å². The van der Waals surface area contributed by atoms with Gasteiger partial charge < -0.3 is 5.11 Å². The SMILES string of the molecule is Cn1nc(S(=O)(=O)NC(C)(C)C)cc1C(=O)O. The quantitative estimate of drug-likeness (QED) is 0.809. The number of carboxylic acids is 1. The average molecular weight is 261 g/mol. The molecule has 0 amide bonds. The minimum absolute atomic E-state index is 0.181. The fourth-order valence-corrected chi connectivity index (χ4v) is 2.64. The van der Waals surface area contributed by atoms with E-state index in [0.717, 1.165) is 10.7 Å². The van der Waals surface area contributed by atoms with Crippen molar-refractivity contribution in [1.29, 1.82) is 0 Å². The van der Waals surface area contributed by atoms with Gasteiger partial charge in [-0.05, 0) is 20.8 Å². The van der Waals surface area contributed by atoms with Gasteiger partial charge in [-0.15, -0.1) is 0 Å². The van der Waals surface area contributed by atoms with E-state index in [1.165, 1.54) is 7.05 Å². The van der Waals surface area contributed by atoms with Crippen LogP contribution in [0.3, 0.4) is 0 Å². The number of nitrogens with one attached hydrogen (secondary N) is 1. The lowest BCUT2D eigenvalue weighted by Crippen LogP contribution is -2.40. The monoisotopic (exact) mass is 261 g/mol. The number of aromatic nitrogens is 2. The first-order chi connectivity index (χ1) is 7.53. The average Bonchev–Trinajstić information content (AvgIpc) is 2.43. The van der Waals surface area contributed by atoms with Crippen LogP contribution in [0.4, 0.5) is 0 Å². The van der Waals surface area contributed by atoms with Crippen molar-refractivity contribution in [2.45, 2.75) is 31.3 Å². The smallest absolute Gasteiger partial charge is 0.354 e. The van der Waals surface area contributed by atoms with E-state index in [2.05, 4.69) is 9.82 Å². The van der Waals surface area contributed by atoms with Gasteiger partial charge in [0, 0.05) is 18.7 Å². The molecule has 0 saturated heterocycles. The Morgan fingerprint density at radius 3 is 2.35 bits per heavy atom. The molecule has 0 bridgehead atoms. The van der Waals surface area contributed by atoms with Gasteiger partial charge in [0.2, 0.25) is 0 Å². The Labute approximate surface area is 99.5 Å². The second-order valence-corrected chi connectivity index (χ2v) is 6.28. The number of nitrogens with zero attached hydrogens (tertiary/aromatic N) is 2. The normalized spacial score (nSPS) is 12.7. The molecule has 0 radical (unpaired) electrons. The van der Waals surface area contributed by atoms with Crippen LogP contribution in [-0.4, -0.2) is 34.8 Å². The van der Waals surface area contributed by atoms with Crippen LogP contribution in [0.15, 0.2) is 11.1 Å². The highest BCUT2D eigenvalue weighted by Crippen LogP contribution is 2.12. The standard InChI is InChI=1S/C9H15N3O4S/c1-9(2,3)11-17(15,16)7-5-6(8(13)14)12(4)10-7/h5,11H,1-4H3,(H,13,14). The van der Waals surface area contributed by atoms with E-state index < -0.39 is 21.5 Å². The van der Waals surface area contributed by atoms with Crippen molar-refractivity contribution in [1.82, 2.24) is 14.5 Å². The Hall–Kier alpha value is -1.41. The highest BCUT2D eigenvalue weighted by atomic mass is 32.2. The molecule has 0 aliphatic heterocycles. The summed E-state index contributed by atoms with van der Waals surface area (Å²) in [5.74, 6) is -1.22. The fraction of sp³-hybridized carbons (Fsp3) is 0.556. The molecule has 1 aromatic rings. The number of carbonyl (C=O) groups is 1. The van der Waals surface area contributed by atoms with Crippen LogP contribution in [0.5, 0.6) is 0 Å². The Morgan fingerprint density at radius 1 is 1.47 bits per heavy atom. The molecule has 0 unspecified atom stereocenters. The van der Waals surface area contributed by atoms with E-state index in [1.807, 2.05) is 0 Å². The topological polar surface area (TPSA) is 101 Å². The van der Waals surface area contributed by atoms with Crippen molar-refractivity contribution >= 4 is 16.0 Å². The third kappa shape index (κ3) is 3.27. The van der Waals surface area contributed by atoms with Gasteiger partial charge in [-0.1, -0.05) is 0 Å². The maximum atomic E-state index is 11.9. The number of rotatable bonds is 3. The fourth-order valence-electron chi connectivity index (χ4n) is 1.23. The molecule has 96 valence electrons. The van der Waals surface area contributed by atoms with E-state index in [4.69, 9.17) is 5.11 Å². The molecule has 1 heterocycles. The lowest BCUT2D eigenvalue weighted by Gasteiger charge is -2.19. The number of carboxylic acid groups (broad SMARTS) is 1. The first-order valence-corrected chi connectivity index (χ1v) is 6.32. The molecule has 1 rings (SSSR count). The molecule has 2 N–H and O–H groups in total. The van der Waals surface area contributed by atoms with Gasteiger partial charge in [0.1, 0.15) is 5.69 Å². The number of sulfonamides is 1. The summed E-state index contributed by atoms with van der Waals surface area (Å²) >= 11 is 0. The molecule has 0 aliphatic rings. The second-order valence-electron chi connectivity index (χ2n) is 4.65. The van der Waals surface area contributed by atoms with Gasteiger partial charge in [-0.25, -0.2) is 17.9 Å². The first-order valence-electron chi connectivity index (χ1n) is 4.84. The maximum Gasteiger partial charge on any atom is 0.354 e. The highest BCUT2D eigenvalue weighted by molar-refractivity contribution is 7.89. The predicted molar refractivity (Wildman–Crippen MR) is 60.2 cm³/mol. The van der Waals surface area contributed by atoms with Gasteiger partial charge >= 0.3 is 5.97 Å². The third-order valence-electron chi connectivity index (χ3n) is 1.79. The molecule has 0 fully saturated rings. The summed E-state index contributed by atoms with van der Waals surface area (Å²) in [6, 6.07) is 1.02.